The molecule has 2 nitrogen and oxygen atoms in total. The zero-order valence-corrected chi connectivity index (χ0v) is 14.3. The number of unbranched alkanes of at least 4 members (excludes halogenated alkanes) is 8. The molecular formula is C18H36N2. The first kappa shape index (κ1) is 17.4. The van der Waals surface area contributed by atoms with E-state index in [1.165, 1.54) is 64.3 Å². The summed E-state index contributed by atoms with van der Waals surface area (Å²) in [5.74, 6) is 0.688. The maximum atomic E-state index is 2.52. The Bertz CT molecular complexity index is 260. The van der Waals surface area contributed by atoms with Crippen molar-refractivity contribution in [2.45, 2.75) is 84.7 Å². The molecule has 1 unspecified atom stereocenters. The lowest BCUT2D eigenvalue weighted by Crippen LogP contribution is -2.41. The summed E-state index contributed by atoms with van der Waals surface area (Å²) < 4.78 is 0. The lowest BCUT2D eigenvalue weighted by atomic mass is 10.1. The van der Waals surface area contributed by atoms with Crippen LogP contribution in [0.4, 0.5) is 0 Å². The van der Waals surface area contributed by atoms with Crippen molar-refractivity contribution < 1.29 is 0 Å². The van der Waals surface area contributed by atoms with Crippen molar-refractivity contribution in [3.63, 3.8) is 0 Å². The molecule has 0 bridgehead atoms. The van der Waals surface area contributed by atoms with Gasteiger partial charge in [-0.05, 0) is 12.3 Å². The van der Waals surface area contributed by atoms with Gasteiger partial charge in [-0.15, -0.1) is 0 Å². The van der Waals surface area contributed by atoms with E-state index in [1.807, 2.05) is 0 Å². The highest BCUT2D eigenvalue weighted by Gasteiger charge is 2.25. The molecule has 0 aromatic carbocycles. The zero-order chi connectivity index (χ0) is 14.8. The summed E-state index contributed by atoms with van der Waals surface area (Å²) >= 11 is 0. The van der Waals surface area contributed by atoms with Gasteiger partial charge in [0.15, 0.2) is 0 Å². The van der Waals surface area contributed by atoms with Gasteiger partial charge >= 0.3 is 0 Å². The molecule has 1 atom stereocenters. The topological polar surface area (TPSA) is 6.48 Å². The lowest BCUT2D eigenvalue weighted by Gasteiger charge is -2.33. The van der Waals surface area contributed by atoms with Gasteiger partial charge in [-0.25, -0.2) is 0 Å². The van der Waals surface area contributed by atoms with Crippen LogP contribution in [-0.4, -0.2) is 29.6 Å². The fourth-order valence-electron chi connectivity index (χ4n) is 3.27. The van der Waals surface area contributed by atoms with Crippen LogP contribution in [0.3, 0.4) is 0 Å². The van der Waals surface area contributed by atoms with Crippen molar-refractivity contribution in [1.29, 1.82) is 0 Å². The summed E-state index contributed by atoms with van der Waals surface area (Å²) in [4.78, 5) is 4.87. The highest BCUT2D eigenvalue weighted by molar-refractivity contribution is 4.96. The van der Waals surface area contributed by atoms with Crippen molar-refractivity contribution in [3.05, 3.63) is 12.4 Å². The van der Waals surface area contributed by atoms with Crippen LogP contribution < -0.4 is 0 Å². The molecule has 0 radical (unpaired) electrons. The number of hydrogen-bond acceptors (Lipinski definition) is 2. The summed E-state index contributed by atoms with van der Waals surface area (Å²) in [6, 6.07) is 0. The minimum absolute atomic E-state index is 0.573. The first-order valence-electron chi connectivity index (χ1n) is 8.82. The number of nitrogens with zero attached hydrogens (tertiary/aromatic N) is 2. The Kier molecular flexibility index (Phi) is 8.80. The van der Waals surface area contributed by atoms with E-state index in [4.69, 9.17) is 0 Å². The minimum Gasteiger partial charge on any atom is -0.359 e. The number of rotatable bonds is 11. The molecule has 1 aliphatic rings. The van der Waals surface area contributed by atoms with Crippen molar-refractivity contribution in [2.75, 3.05) is 13.6 Å². The molecule has 2 heteroatoms. The second-order valence-electron chi connectivity index (χ2n) is 6.69. The molecule has 0 aromatic rings. The van der Waals surface area contributed by atoms with Gasteiger partial charge < -0.3 is 9.80 Å². The van der Waals surface area contributed by atoms with E-state index >= 15 is 0 Å². The van der Waals surface area contributed by atoms with Gasteiger partial charge in [-0.1, -0.05) is 72.1 Å². The van der Waals surface area contributed by atoms with E-state index in [0.717, 1.165) is 0 Å². The molecule has 0 N–H and O–H groups in total. The van der Waals surface area contributed by atoms with Crippen LogP contribution in [0.15, 0.2) is 12.4 Å². The van der Waals surface area contributed by atoms with Crippen molar-refractivity contribution >= 4 is 0 Å². The third-order valence-corrected chi connectivity index (χ3v) is 4.37. The molecule has 0 fully saturated rings. The summed E-state index contributed by atoms with van der Waals surface area (Å²) in [5, 5.41) is 0. The van der Waals surface area contributed by atoms with E-state index in [0.29, 0.717) is 12.1 Å². The SMILES string of the molecule is CCCCCCCCCCCN1C=CN(C)C1C(C)C. The normalized spacial score (nSPS) is 18.6. The van der Waals surface area contributed by atoms with Gasteiger partial charge in [0.1, 0.15) is 6.17 Å². The standard InChI is InChI=1S/C18H36N2/c1-5-6-7-8-9-10-11-12-13-14-20-16-15-19(4)18(20)17(2)3/h15-18H,5-14H2,1-4H3. The third kappa shape index (κ3) is 6.19. The highest BCUT2D eigenvalue weighted by Crippen LogP contribution is 2.21. The summed E-state index contributed by atoms with van der Waals surface area (Å²) in [6.07, 6.45) is 17.8. The molecule has 0 aromatic heterocycles. The second-order valence-corrected chi connectivity index (χ2v) is 6.69. The van der Waals surface area contributed by atoms with Crippen LogP contribution in [0.25, 0.3) is 0 Å². The van der Waals surface area contributed by atoms with Crippen molar-refractivity contribution in [1.82, 2.24) is 9.80 Å². The van der Waals surface area contributed by atoms with Gasteiger partial charge in [0, 0.05) is 26.0 Å². The fraction of sp³-hybridized carbons (Fsp3) is 0.889. The maximum absolute atomic E-state index is 2.52. The predicted molar refractivity (Wildman–Crippen MR) is 89.5 cm³/mol. The van der Waals surface area contributed by atoms with E-state index in [9.17, 15) is 0 Å². The molecule has 0 saturated heterocycles. The van der Waals surface area contributed by atoms with Crippen LogP contribution in [-0.2, 0) is 0 Å². The average molecular weight is 281 g/mol. The summed E-state index contributed by atoms with van der Waals surface area (Å²) in [7, 11) is 2.19. The molecule has 1 heterocycles. The molecular weight excluding hydrogens is 244 g/mol. The van der Waals surface area contributed by atoms with Crippen molar-refractivity contribution in [3.8, 4) is 0 Å². The first-order valence-corrected chi connectivity index (χ1v) is 8.82. The Morgan fingerprint density at radius 3 is 1.95 bits per heavy atom. The van der Waals surface area contributed by atoms with Crippen LogP contribution in [0.2, 0.25) is 0 Å². The summed E-state index contributed by atoms with van der Waals surface area (Å²) in [6.45, 7) is 8.14. The summed E-state index contributed by atoms with van der Waals surface area (Å²) in [5.41, 5.74) is 0. The Morgan fingerprint density at radius 1 is 0.850 bits per heavy atom. The Labute approximate surface area is 127 Å². The smallest absolute Gasteiger partial charge is 0.103 e. The largest absolute Gasteiger partial charge is 0.359 e. The van der Waals surface area contributed by atoms with Crippen molar-refractivity contribution in [2.24, 2.45) is 5.92 Å². The molecule has 118 valence electrons. The molecule has 0 amide bonds. The average Bonchev–Trinajstić information content (AvgIpc) is 2.78. The van der Waals surface area contributed by atoms with Crippen LogP contribution >= 0.6 is 0 Å². The quantitative estimate of drug-likeness (QED) is 0.479. The molecule has 20 heavy (non-hydrogen) atoms. The van der Waals surface area contributed by atoms with Gasteiger partial charge in [0.05, 0.1) is 0 Å². The van der Waals surface area contributed by atoms with Gasteiger partial charge in [0.25, 0.3) is 0 Å². The van der Waals surface area contributed by atoms with Crippen LogP contribution in [0, 0.1) is 5.92 Å². The van der Waals surface area contributed by atoms with Gasteiger partial charge in [-0.2, -0.15) is 0 Å². The molecule has 1 aliphatic heterocycles. The third-order valence-electron chi connectivity index (χ3n) is 4.37. The molecule has 0 aliphatic carbocycles. The monoisotopic (exact) mass is 280 g/mol. The van der Waals surface area contributed by atoms with E-state index in [-0.39, 0.29) is 0 Å². The number of hydrogen-bond donors (Lipinski definition) is 0. The Morgan fingerprint density at radius 2 is 1.40 bits per heavy atom. The maximum Gasteiger partial charge on any atom is 0.103 e. The Balaban J connectivity index is 2.00. The van der Waals surface area contributed by atoms with Gasteiger partial charge in [0.2, 0.25) is 0 Å². The van der Waals surface area contributed by atoms with E-state index < -0.39 is 0 Å². The van der Waals surface area contributed by atoms with Gasteiger partial charge in [-0.3, -0.25) is 0 Å². The molecule has 0 saturated carbocycles. The highest BCUT2D eigenvalue weighted by atomic mass is 15.4. The molecule has 1 rings (SSSR count). The predicted octanol–water partition coefficient (Wildman–Crippen LogP) is 5.22. The minimum atomic E-state index is 0.573. The van der Waals surface area contributed by atoms with E-state index in [2.05, 4.69) is 50.0 Å². The van der Waals surface area contributed by atoms with Crippen LogP contribution in [0.1, 0.15) is 78.6 Å². The molecule has 0 spiro atoms. The fourth-order valence-corrected chi connectivity index (χ4v) is 3.27. The Hall–Kier alpha value is -0.660. The first-order chi connectivity index (χ1) is 9.66. The zero-order valence-electron chi connectivity index (χ0n) is 14.3. The van der Waals surface area contributed by atoms with Crippen LogP contribution in [0.5, 0.6) is 0 Å². The second kappa shape index (κ2) is 10.1. The lowest BCUT2D eigenvalue weighted by molar-refractivity contribution is 0.125. The van der Waals surface area contributed by atoms with E-state index in [1.54, 1.807) is 0 Å².